The van der Waals surface area contributed by atoms with Crippen molar-refractivity contribution in [1.82, 2.24) is 14.7 Å². The predicted octanol–water partition coefficient (Wildman–Crippen LogP) is 0.422. The highest BCUT2D eigenvalue weighted by molar-refractivity contribution is 7.99. The van der Waals surface area contributed by atoms with Gasteiger partial charge in [-0.1, -0.05) is 0 Å². The van der Waals surface area contributed by atoms with Crippen molar-refractivity contribution in [3.8, 4) is 0 Å². The summed E-state index contributed by atoms with van der Waals surface area (Å²) in [6.07, 6.45) is 1.88. The SMILES string of the molecule is Cn1ccc(CN2CCSCC2C(=O)O)n1. The van der Waals surface area contributed by atoms with E-state index in [0.29, 0.717) is 12.3 Å². The Labute approximate surface area is 98.4 Å². The Bertz CT molecular complexity index is 380. The molecule has 0 bridgehead atoms. The van der Waals surface area contributed by atoms with Crippen molar-refractivity contribution in [3.05, 3.63) is 18.0 Å². The van der Waals surface area contributed by atoms with Crippen LogP contribution in [-0.2, 0) is 18.4 Å². The number of carboxylic acids is 1. The molecule has 16 heavy (non-hydrogen) atoms. The van der Waals surface area contributed by atoms with Crippen LogP contribution in [0.5, 0.6) is 0 Å². The highest BCUT2D eigenvalue weighted by Gasteiger charge is 2.28. The summed E-state index contributed by atoms with van der Waals surface area (Å²) in [5.74, 6) is 0.932. The third kappa shape index (κ3) is 2.56. The first-order chi connectivity index (χ1) is 7.66. The predicted molar refractivity (Wildman–Crippen MR) is 62.4 cm³/mol. The van der Waals surface area contributed by atoms with Crippen LogP contribution in [0.1, 0.15) is 5.69 Å². The van der Waals surface area contributed by atoms with E-state index in [1.807, 2.05) is 24.2 Å². The molecule has 5 nitrogen and oxygen atoms in total. The first-order valence-electron chi connectivity index (χ1n) is 5.20. The topological polar surface area (TPSA) is 58.4 Å². The van der Waals surface area contributed by atoms with E-state index in [1.165, 1.54) is 0 Å². The fourth-order valence-corrected chi connectivity index (χ4v) is 2.92. The number of rotatable bonds is 3. The van der Waals surface area contributed by atoms with Gasteiger partial charge in [0.15, 0.2) is 0 Å². The molecule has 1 unspecified atom stereocenters. The lowest BCUT2D eigenvalue weighted by atomic mass is 10.2. The van der Waals surface area contributed by atoms with Crippen LogP contribution in [0.15, 0.2) is 12.3 Å². The van der Waals surface area contributed by atoms with Crippen LogP contribution >= 0.6 is 11.8 Å². The van der Waals surface area contributed by atoms with E-state index < -0.39 is 5.97 Å². The molecule has 0 aliphatic carbocycles. The molecule has 0 aromatic carbocycles. The second-order valence-electron chi connectivity index (χ2n) is 3.88. The molecule has 1 fully saturated rings. The van der Waals surface area contributed by atoms with Gasteiger partial charge in [0.05, 0.1) is 5.69 Å². The first kappa shape index (κ1) is 11.5. The molecule has 1 aromatic rings. The van der Waals surface area contributed by atoms with Crippen LogP contribution in [0.25, 0.3) is 0 Å². The molecule has 6 heteroatoms. The molecule has 0 amide bonds. The fourth-order valence-electron chi connectivity index (χ4n) is 1.81. The Kier molecular flexibility index (Phi) is 3.50. The van der Waals surface area contributed by atoms with E-state index in [2.05, 4.69) is 5.10 Å². The number of hydrogen-bond acceptors (Lipinski definition) is 4. The number of aliphatic carboxylic acids is 1. The van der Waals surface area contributed by atoms with Gasteiger partial charge in [0, 0.05) is 37.8 Å². The molecule has 1 aliphatic heterocycles. The minimum atomic E-state index is -0.733. The van der Waals surface area contributed by atoms with Gasteiger partial charge in [-0.3, -0.25) is 14.4 Å². The zero-order valence-corrected chi connectivity index (χ0v) is 9.98. The van der Waals surface area contributed by atoms with Crippen LogP contribution in [0.4, 0.5) is 0 Å². The van der Waals surface area contributed by atoms with Gasteiger partial charge in [-0.2, -0.15) is 16.9 Å². The van der Waals surface area contributed by atoms with E-state index in [1.54, 1.807) is 16.4 Å². The van der Waals surface area contributed by atoms with Crippen LogP contribution in [0.3, 0.4) is 0 Å². The van der Waals surface area contributed by atoms with Crippen molar-refractivity contribution in [2.45, 2.75) is 12.6 Å². The number of aryl methyl sites for hydroxylation is 1. The van der Waals surface area contributed by atoms with E-state index in [4.69, 9.17) is 5.11 Å². The molecule has 0 saturated carbocycles. The van der Waals surface area contributed by atoms with E-state index in [9.17, 15) is 4.79 Å². The smallest absolute Gasteiger partial charge is 0.321 e. The van der Waals surface area contributed by atoms with Gasteiger partial charge >= 0.3 is 5.97 Å². The maximum absolute atomic E-state index is 11.1. The fraction of sp³-hybridized carbons (Fsp3) is 0.600. The van der Waals surface area contributed by atoms with Crippen molar-refractivity contribution in [1.29, 1.82) is 0 Å². The average molecular weight is 241 g/mol. The summed E-state index contributed by atoms with van der Waals surface area (Å²) >= 11 is 1.70. The number of hydrogen-bond donors (Lipinski definition) is 1. The Morgan fingerprint density at radius 1 is 1.75 bits per heavy atom. The van der Waals surface area contributed by atoms with Gasteiger partial charge in [-0.05, 0) is 6.07 Å². The Morgan fingerprint density at radius 2 is 2.56 bits per heavy atom. The largest absolute Gasteiger partial charge is 0.480 e. The molecular weight excluding hydrogens is 226 g/mol. The van der Waals surface area contributed by atoms with E-state index in [-0.39, 0.29) is 6.04 Å². The Hall–Kier alpha value is -1.01. The summed E-state index contributed by atoms with van der Waals surface area (Å²) < 4.78 is 1.74. The van der Waals surface area contributed by atoms with Gasteiger partial charge in [0.2, 0.25) is 0 Å². The molecule has 1 aliphatic rings. The summed E-state index contributed by atoms with van der Waals surface area (Å²) in [6, 6.07) is 1.56. The molecular formula is C10H15N3O2S. The van der Waals surface area contributed by atoms with Crippen LogP contribution in [0.2, 0.25) is 0 Å². The van der Waals surface area contributed by atoms with E-state index >= 15 is 0 Å². The van der Waals surface area contributed by atoms with Crippen LogP contribution in [-0.4, -0.2) is 49.8 Å². The lowest BCUT2D eigenvalue weighted by Crippen LogP contribution is -2.46. The third-order valence-electron chi connectivity index (χ3n) is 2.66. The summed E-state index contributed by atoms with van der Waals surface area (Å²) in [5.41, 5.74) is 0.931. The molecule has 1 atom stereocenters. The highest BCUT2D eigenvalue weighted by atomic mass is 32.2. The number of thioether (sulfide) groups is 1. The van der Waals surface area contributed by atoms with Crippen molar-refractivity contribution in [2.24, 2.45) is 7.05 Å². The number of aromatic nitrogens is 2. The highest BCUT2D eigenvalue weighted by Crippen LogP contribution is 2.18. The second kappa shape index (κ2) is 4.88. The van der Waals surface area contributed by atoms with Gasteiger partial charge in [0.25, 0.3) is 0 Å². The molecule has 1 saturated heterocycles. The average Bonchev–Trinajstić information content (AvgIpc) is 2.64. The lowest BCUT2D eigenvalue weighted by molar-refractivity contribution is -0.142. The van der Waals surface area contributed by atoms with Gasteiger partial charge in [-0.25, -0.2) is 0 Å². The van der Waals surface area contributed by atoms with Crippen molar-refractivity contribution >= 4 is 17.7 Å². The quantitative estimate of drug-likeness (QED) is 0.831. The minimum absolute atomic E-state index is 0.374. The summed E-state index contributed by atoms with van der Waals surface area (Å²) in [6.45, 7) is 1.44. The Balaban J connectivity index is 2.03. The molecule has 2 rings (SSSR count). The summed E-state index contributed by atoms with van der Waals surface area (Å²) in [4.78, 5) is 13.1. The lowest BCUT2D eigenvalue weighted by Gasteiger charge is -2.31. The van der Waals surface area contributed by atoms with Crippen molar-refractivity contribution < 1.29 is 9.90 Å². The van der Waals surface area contributed by atoms with Gasteiger partial charge in [0.1, 0.15) is 6.04 Å². The number of carboxylic acid groups (broad SMARTS) is 1. The van der Waals surface area contributed by atoms with Gasteiger partial charge < -0.3 is 5.11 Å². The molecule has 2 heterocycles. The standard InChI is InChI=1S/C10H15N3O2S/c1-12-3-2-8(11-12)6-13-4-5-16-7-9(13)10(14)15/h2-3,9H,4-7H2,1H3,(H,14,15). The normalized spacial score (nSPS) is 22.2. The maximum Gasteiger partial charge on any atom is 0.321 e. The second-order valence-corrected chi connectivity index (χ2v) is 5.03. The molecule has 1 N–H and O–H groups in total. The minimum Gasteiger partial charge on any atom is -0.480 e. The van der Waals surface area contributed by atoms with Crippen LogP contribution in [0, 0.1) is 0 Å². The summed E-state index contributed by atoms with van der Waals surface area (Å²) in [5, 5.41) is 13.4. The van der Waals surface area contributed by atoms with Crippen molar-refractivity contribution in [3.63, 3.8) is 0 Å². The van der Waals surface area contributed by atoms with Gasteiger partial charge in [-0.15, -0.1) is 0 Å². The summed E-state index contributed by atoms with van der Waals surface area (Å²) in [7, 11) is 1.87. The zero-order valence-electron chi connectivity index (χ0n) is 9.17. The molecule has 0 radical (unpaired) electrons. The van der Waals surface area contributed by atoms with Crippen LogP contribution < -0.4 is 0 Å². The number of nitrogens with zero attached hydrogens (tertiary/aromatic N) is 3. The van der Waals surface area contributed by atoms with Crippen molar-refractivity contribution in [2.75, 3.05) is 18.1 Å². The number of carbonyl (C=O) groups is 1. The molecule has 0 spiro atoms. The first-order valence-corrected chi connectivity index (χ1v) is 6.35. The molecule has 1 aromatic heterocycles. The molecule has 88 valence electrons. The monoisotopic (exact) mass is 241 g/mol. The maximum atomic E-state index is 11.1. The Morgan fingerprint density at radius 3 is 3.19 bits per heavy atom. The third-order valence-corrected chi connectivity index (χ3v) is 3.68. The van der Waals surface area contributed by atoms with E-state index in [0.717, 1.165) is 18.0 Å². The zero-order chi connectivity index (χ0) is 11.5.